The second kappa shape index (κ2) is 7.75. The van der Waals surface area contributed by atoms with Gasteiger partial charge in [-0.2, -0.15) is 0 Å². The van der Waals surface area contributed by atoms with Gasteiger partial charge in [-0.3, -0.25) is 9.47 Å². The highest BCUT2D eigenvalue weighted by molar-refractivity contribution is 7.09. The Kier molecular flexibility index (Phi) is 4.98. The summed E-state index contributed by atoms with van der Waals surface area (Å²) in [6.07, 6.45) is 6.49. The Morgan fingerprint density at radius 3 is 2.93 bits per heavy atom. The van der Waals surface area contributed by atoms with E-state index in [1.165, 1.54) is 24.1 Å². The third kappa shape index (κ3) is 3.50. The van der Waals surface area contributed by atoms with Crippen molar-refractivity contribution in [2.24, 2.45) is 0 Å². The van der Waals surface area contributed by atoms with Crippen LogP contribution in [-0.2, 0) is 11.3 Å². The van der Waals surface area contributed by atoms with Crippen LogP contribution in [0.1, 0.15) is 30.4 Å². The monoisotopic (exact) mass is 400 g/mol. The number of aliphatic hydroxyl groups is 1. The number of fused-ring (bicyclic) bond motifs is 1. The highest BCUT2D eigenvalue weighted by Crippen LogP contribution is 2.29. The number of hydrogen-bond donors (Lipinski definition) is 2. The molecule has 1 saturated carbocycles. The summed E-state index contributed by atoms with van der Waals surface area (Å²) >= 11 is 1.75. The minimum Gasteiger partial charge on any atom is -0.394 e. The number of hydrogen-bond acceptors (Lipinski definition) is 8. The molecule has 28 heavy (non-hydrogen) atoms. The van der Waals surface area contributed by atoms with Gasteiger partial charge in [0.15, 0.2) is 17.0 Å². The summed E-state index contributed by atoms with van der Waals surface area (Å²) in [6.45, 7) is 2.27. The molecule has 9 heteroatoms. The van der Waals surface area contributed by atoms with Crippen molar-refractivity contribution in [2.75, 3.05) is 25.0 Å². The molecule has 1 aliphatic heterocycles. The molecule has 5 rings (SSSR count). The Morgan fingerprint density at radius 2 is 2.18 bits per heavy atom. The molecule has 2 N–H and O–H groups in total. The van der Waals surface area contributed by atoms with Gasteiger partial charge in [0.05, 0.1) is 19.0 Å². The zero-order valence-corrected chi connectivity index (χ0v) is 16.4. The van der Waals surface area contributed by atoms with E-state index in [1.54, 1.807) is 24.0 Å². The summed E-state index contributed by atoms with van der Waals surface area (Å²) in [6, 6.07) is 4.69. The predicted octanol–water partition coefficient (Wildman–Crippen LogP) is 2.24. The van der Waals surface area contributed by atoms with Crippen LogP contribution in [0, 0.1) is 0 Å². The second-order valence-corrected chi connectivity index (χ2v) is 8.52. The topological polar surface area (TPSA) is 88.3 Å². The zero-order chi connectivity index (χ0) is 18.9. The number of nitrogens with one attached hydrogen (secondary N) is 1. The first-order valence-electron chi connectivity index (χ1n) is 9.75. The summed E-state index contributed by atoms with van der Waals surface area (Å²) in [7, 11) is 0. The molecule has 2 atom stereocenters. The van der Waals surface area contributed by atoms with Crippen molar-refractivity contribution in [2.45, 2.75) is 44.2 Å². The van der Waals surface area contributed by atoms with Crippen molar-refractivity contribution in [3.05, 3.63) is 35.0 Å². The van der Waals surface area contributed by atoms with Gasteiger partial charge in [0.2, 0.25) is 0 Å². The Balaban J connectivity index is 1.40. The molecule has 3 aromatic heterocycles. The van der Waals surface area contributed by atoms with E-state index in [4.69, 9.17) is 4.74 Å². The summed E-state index contributed by atoms with van der Waals surface area (Å²) < 4.78 is 8.11. The summed E-state index contributed by atoms with van der Waals surface area (Å²) in [5.74, 6) is 0.790. The fourth-order valence-electron chi connectivity index (χ4n) is 3.81. The Hall–Kier alpha value is -2.07. The van der Waals surface area contributed by atoms with Gasteiger partial charge < -0.3 is 15.2 Å². The van der Waals surface area contributed by atoms with E-state index < -0.39 is 0 Å². The maximum atomic E-state index is 9.73. The maximum Gasteiger partial charge on any atom is 0.167 e. The molecule has 1 saturated heterocycles. The average molecular weight is 401 g/mol. The lowest BCUT2D eigenvalue weighted by atomic mass is 9.93. The van der Waals surface area contributed by atoms with Gasteiger partial charge in [0, 0.05) is 30.6 Å². The molecule has 8 nitrogen and oxygen atoms in total. The molecule has 0 bridgehead atoms. The molecule has 3 aromatic rings. The molecule has 148 valence electrons. The van der Waals surface area contributed by atoms with Gasteiger partial charge in [0.1, 0.15) is 12.6 Å². The van der Waals surface area contributed by atoms with E-state index >= 15 is 0 Å². The van der Waals surface area contributed by atoms with E-state index in [0.29, 0.717) is 12.6 Å². The van der Waals surface area contributed by atoms with Crippen LogP contribution < -0.4 is 5.32 Å². The van der Waals surface area contributed by atoms with Gasteiger partial charge in [-0.05, 0) is 30.7 Å². The largest absolute Gasteiger partial charge is 0.394 e. The van der Waals surface area contributed by atoms with E-state index in [2.05, 4.69) is 42.7 Å². The molecule has 2 aliphatic rings. The van der Waals surface area contributed by atoms with Gasteiger partial charge in [-0.25, -0.2) is 15.0 Å². The number of aliphatic hydroxyl groups excluding tert-OH is 1. The molecule has 0 spiro atoms. The van der Waals surface area contributed by atoms with E-state index in [-0.39, 0.29) is 18.9 Å². The van der Waals surface area contributed by atoms with Crippen LogP contribution in [0.4, 0.5) is 5.82 Å². The molecule has 0 aromatic carbocycles. The van der Waals surface area contributed by atoms with Gasteiger partial charge in [-0.15, -0.1) is 11.3 Å². The highest BCUT2D eigenvalue weighted by Gasteiger charge is 2.30. The fraction of sp³-hybridized carbons (Fsp3) is 0.526. The molecule has 0 amide bonds. The van der Waals surface area contributed by atoms with Crippen LogP contribution in [0.2, 0.25) is 0 Å². The molecular weight excluding hydrogens is 376 g/mol. The van der Waals surface area contributed by atoms with Crippen LogP contribution in [-0.4, -0.2) is 61.4 Å². The van der Waals surface area contributed by atoms with Crippen molar-refractivity contribution >= 4 is 28.3 Å². The molecule has 1 aliphatic carbocycles. The first kappa shape index (κ1) is 18.0. The van der Waals surface area contributed by atoms with Crippen LogP contribution in [0.15, 0.2) is 30.2 Å². The van der Waals surface area contributed by atoms with Crippen molar-refractivity contribution < 1.29 is 9.84 Å². The van der Waals surface area contributed by atoms with E-state index in [1.807, 2.05) is 4.57 Å². The Bertz CT molecular complexity index is 926. The minimum atomic E-state index is -0.248. The summed E-state index contributed by atoms with van der Waals surface area (Å²) in [5, 5.41) is 15.3. The lowest BCUT2D eigenvalue weighted by Gasteiger charge is -2.37. The third-order valence-electron chi connectivity index (χ3n) is 5.50. The summed E-state index contributed by atoms with van der Waals surface area (Å²) in [4.78, 5) is 17.1. The molecular formula is C19H24N6O2S. The number of anilines is 1. The number of nitrogens with zero attached hydrogens (tertiary/aromatic N) is 5. The number of thiophene rings is 1. The van der Waals surface area contributed by atoms with Gasteiger partial charge in [0.25, 0.3) is 0 Å². The molecule has 2 fully saturated rings. The lowest BCUT2D eigenvalue weighted by Crippen LogP contribution is -2.46. The van der Waals surface area contributed by atoms with Crippen LogP contribution in [0.25, 0.3) is 11.2 Å². The first-order chi connectivity index (χ1) is 13.8. The standard InChI is InChI=1S/C19H24N6O2S/c26-10-14-7-24(8-15-5-2-6-28-15)9-16(27-14)25-12-22-17-18(20-11-21-19(17)25)23-13-3-1-4-13/h2,5-6,11-14,16,26H,1,3-4,7-10H2,(H,20,21,23)/t14-,16+/m0/s1. The Labute approximate surface area is 167 Å². The predicted molar refractivity (Wildman–Crippen MR) is 107 cm³/mol. The van der Waals surface area contributed by atoms with Crippen LogP contribution >= 0.6 is 11.3 Å². The van der Waals surface area contributed by atoms with Crippen molar-refractivity contribution in [1.82, 2.24) is 24.4 Å². The lowest BCUT2D eigenvalue weighted by molar-refractivity contribution is -0.135. The maximum absolute atomic E-state index is 9.73. The van der Waals surface area contributed by atoms with E-state index in [0.717, 1.165) is 30.1 Å². The number of aromatic nitrogens is 4. The summed E-state index contributed by atoms with van der Waals surface area (Å²) in [5.41, 5.74) is 1.53. The highest BCUT2D eigenvalue weighted by atomic mass is 32.1. The number of ether oxygens (including phenoxy) is 1. The molecule has 0 unspecified atom stereocenters. The van der Waals surface area contributed by atoms with Crippen molar-refractivity contribution in [3.63, 3.8) is 0 Å². The SMILES string of the molecule is OC[C@@H]1CN(Cc2cccs2)C[C@H](n2cnc3c(NC4CCC4)ncnc32)O1. The van der Waals surface area contributed by atoms with Crippen LogP contribution in [0.5, 0.6) is 0 Å². The molecule has 0 radical (unpaired) electrons. The number of rotatable bonds is 6. The normalized spacial score (nSPS) is 23.8. The minimum absolute atomic E-state index is 0.00641. The van der Waals surface area contributed by atoms with Crippen molar-refractivity contribution in [1.29, 1.82) is 0 Å². The Morgan fingerprint density at radius 1 is 1.25 bits per heavy atom. The second-order valence-electron chi connectivity index (χ2n) is 7.49. The molecule has 4 heterocycles. The fourth-order valence-corrected chi connectivity index (χ4v) is 4.56. The van der Waals surface area contributed by atoms with Crippen LogP contribution in [0.3, 0.4) is 0 Å². The van der Waals surface area contributed by atoms with E-state index in [9.17, 15) is 5.11 Å². The average Bonchev–Trinajstić information content (AvgIpc) is 3.34. The number of imidazole rings is 1. The number of morpholine rings is 1. The van der Waals surface area contributed by atoms with Gasteiger partial charge in [-0.1, -0.05) is 6.07 Å². The zero-order valence-electron chi connectivity index (χ0n) is 15.6. The van der Waals surface area contributed by atoms with Crippen molar-refractivity contribution in [3.8, 4) is 0 Å². The first-order valence-corrected chi connectivity index (χ1v) is 10.6. The quantitative estimate of drug-likeness (QED) is 0.656. The smallest absolute Gasteiger partial charge is 0.167 e. The third-order valence-corrected chi connectivity index (χ3v) is 6.37. The van der Waals surface area contributed by atoms with Gasteiger partial charge >= 0.3 is 0 Å².